The lowest BCUT2D eigenvalue weighted by molar-refractivity contribution is 0.0587. The summed E-state index contributed by atoms with van der Waals surface area (Å²) in [6, 6.07) is 11.5. The van der Waals surface area contributed by atoms with E-state index in [0.29, 0.717) is 5.69 Å². The predicted octanol–water partition coefficient (Wildman–Crippen LogP) is 2.66. The molecule has 0 atom stereocenters. The first kappa shape index (κ1) is 24.5. The molecular formula is C21H19N5O6S2. The van der Waals surface area contributed by atoms with E-state index < -0.39 is 22.0 Å². The lowest BCUT2D eigenvalue weighted by Crippen LogP contribution is -2.21. The van der Waals surface area contributed by atoms with Crippen LogP contribution < -0.4 is 15.4 Å². The van der Waals surface area contributed by atoms with E-state index in [9.17, 15) is 18.0 Å². The van der Waals surface area contributed by atoms with Crippen LogP contribution in [0, 0.1) is 0 Å². The molecule has 3 N–H and O–H groups in total. The number of hydrogen-bond donors (Lipinski definition) is 3. The van der Waals surface area contributed by atoms with Crippen LogP contribution in [-0.2, 0) is 19.5 Å². The predicted molar refractivity (Wildman–Crippen MR) is 128 cm³/mol. The van der Waals surface area contributed by atoms with Crippen LogP contribution in [0.3, 0.4) is 0 Å². The number of carbonyl (C=O) groups is 2. The molecule has 0 spiro atoms. The van der Waals surface area contributed by atoms with E-state index in [2.05, 4.69) is 25.3 Å². The van der Waals surface area contributed by atoms with Crippen LogP contribution in [0.5, 0.6) is 0 Å². The van der Waals surface area contributed by atoms with Gasteiger partial charge in [-0.05, 0) is 60.7 Å². The molecule has 0 aliphatic carbocycles. The molecule has 0 aliphatic rings. The molecule has 11 nitrogen and oxygen atoms in total. The Kier molecular flexibility index (Phi) is 7.71. The van der Waals surface area contributed by atoms with Gasteiger partial charge in [0.15, 0.2) is 5.11 Å². The highest BCUT2D eigenvalue weighted by Crippen LogP contribution is 2.21. The second kappa shape index (κ2) is 10.7. The first-order valence-corrected chi connectivity index (χ1v) is 11.4. The van der Waals surface area contributed by atoms with E-state index in [1.807, 2.05) is 0 Å². The van der Waals surface area contributed by atoms with Crippen LogP contribution in [0.15, 0.2) is 65.8 Å². The molecule has 1 heterocycles. The van der Waals surface area contributed by atoms with Gasteiger partial charge in [-0.3, -0.25) is 0 Å². The van der Waals surface area contributed by atoms with Gasteiger partial charge in [0, 0.05) is 18.1 Å². The molecule has 0 saturated carbocycles. The van der Waals surface area contributed by atoms with Crippen molar-refractivity contribution >= 4 is 56.6 Å². The van der Waals surface area contributed by atoms with Gasteiger partial charge in [-0.25, -0.2) is 32.7 Å². The average molecular weight is 502 g/mol. The Labute approximate surface area is 200 Å². The molecule has 0 aliphatic heterocycles. The fourth-order valence-electron chi connectivity index (χ4n) is 2.71. The summed E-state index contributed by atoms with van der Waals surface area (Å²) in [6.07, 6.45) is 2.83. The number of ether oxygens (including phenoxy) is 2. The zero-order valence-electron chi connectivity index (χ0n) is 17.9. The number of nitrogens with one attached hydrogen (secondary N) is 3. The van der Waals surface area contributed by atoms with Crippen molar-refractivity contribution in [2.75, 3.05) is 29.6 Å². The first-order chi connectivity index (χ1) is 16.2. The molecule has 0 bridgehead atoms. The van der Waals surface area contributed by atoms with Crippen molar-refractivity contribution in [3.8, 4) is 0 Å². The number of anilines is 3. The maximum Gasteiger partial charge on any atom is 0.339 e. The molecule has 1 aromatic heterocycles. The Bertz CT molecular complexity index is 1320. The summed E-state index contributed by atoms with van der Waals surface area (Å²) in [5.41, 5.74) is 1.04. The summed E-state index contributed by atoms with van der Waals surface area (Å²) in [5, 5.41) is 5.80. The zero-order valence-corrected chi connectivity index (χ0v) is 19.6. The van der Waals surface area contributed by atoms with Gasteiger partial charge in [0.25, 0.3) is 10.0 Å². The van der Waals surface area contributed by atoms with E-state index in [-0.39, 0.29) is 32.8 Å². The molecule has 176 valence electrons. The molecule has 0 saturated heterocycles. The number of carbonyl (C=O) groups excluding carboxylic acids is 2. The SMILES string of the molecule is COC(=O)c1ccc(C(=O)OC)c(NC(=S)Nc2ccc(S(=O)(=O)Nc3ncccn3)cc2)c1. The minimum atomic E-state index is -3.89. The molecule has 3 aromatic rings. The van der Waals surface area contributed by atoms with Crippen LogP contribution in [0.4, 0.5) is 17.3 Å². The van der Waals surface area contributed by atoms with Gasteiger partial charge in [0.2, 0.25) is 5.95 Å². The molecular weight excluding hydrogens is 482 g/mol. The summed E-state index contributed by atoms with van der Waals surface area (Å²) < 4.78 is 36.7. The van der Waals surface area contributed by atoms with Crippen LogP contribution in [0.2, 0.25) is 0 Å². The smallest absolute Gasteiger partial charge is 0.339 e. The van der Waals surface area contributed by atoms with Gasteiger partial charge in [0.05, 0.1) is 35.9 Å². The van der Waals surface area contributed by atoms with E-state index in [4.69, 9.17) is 21.7 Å². The van der Waals surface area contributed by atoms with Gasteiger partial charge in [-0.2, -0.15) is 0 Å². The summed E-state index contributed by atoms with van der Waals surface area (Å²) in [4.78, 5) is 31.6. The largest absolute Gasteiger partial charge is 0.465 e. The number of sulfonamides is 1. The molecule has 0 unspecified atom stereocenters. The topological polar surface area (TPSA) is 149 Å². The Morgan fingerprint density at radius 1 is 0.912 bits per heavy atom. The van der Waals surface area contributed by atoms with Crippen molar-refractivity contribution in [2.24, 2.45) is 0 Å². The highest BCUT2D eigenvalue weighted by molar-refractivity contribution is 7.92. The van der Waals surface area contributed by atoms with Crippen molar-refractivity contribution in [3.05, 3.63) is 72.1 Å². The maximum absolute atomic E-state index is 12.5. The number of nitrogens with zero attached hydrogens (tertiary/aromatic N) is 2. The molecule has 0 radical (unpaired) electrons. The highest BCUT2D eigenvalue weighted by atomic mass is 32.2. The Morgan fingerprint density at radius 3 is 2.18 bits per heavy atom. The van der Waals surface area contributed by atoms with Gasteiger partial charge in [0.1, 0.15) is 0 Å². The van der Waals surface area contributed by atoms with E-state index in [1.165, 1.54) is 69.1 Å². The molecule has 3 rings (SSSR count). The third kappa shape index (κ3) is 6.02. The molecule has 34 heavy (non-hydrogen) atoms. The molecule has 0 amide bonds. The second-order valence-corrected chi connectivity index (χ2v) is 8.62. The van der Waals surface area contributed by atoms with Gasteiger partial charge in [-0.1, -0.05) is 0 Å². The third-order valence-electron chi connectivity index (χ3n) is 4.31. The van der Waals surface area contributed by atoms with Crippen molar-refractivity contribution < 1.29 is 27.5 Å². The van der Waals surface area contributed by atoms with Crippen LogP contribution in [0.1, 0.15) is 20.7 Å². The van der Waals surface area contributed by atoms with Crippen molar-refractivity contribution in [1.29, 1.82) is 0 Å². The van der Waals surface area contributed by atoms with E-state index in [0.717, 1.165) is 0 Å². The monoisotopic (exact) mass is 501 g/mol. The van der Waals surface area contributed by atoms with Gasteiger partial charge >= 0.3 is 11.9 Å². The van der Waals surface area contributed by atoms with E-state index in [1.54, 1.807) is 6.07 Å². The van der Waals surface area contributed by atoms with Crippen molar-refractivity contribution in [3.63, 3.8) is 0 Å². The summed E-state index contributed by atoms with van der Waals surface area (Å²) >= 11 is 5.29. The number of esters is 2. The van der Waals surface area contributed by atoms with Crippen molar-refractivity contribution in [2.45, 2.75) is 4.90 Å². The minimum absolute atomic E-state index is 0.0110. The molecule has 2 aromatic carbocycles. The standard InChI is InChI=1S/C21H19N5O6S2/c1-31-18(27)13-4-9-16(19(28)32-2)17(12-13)25-21(33)24-14-5-7-15(8-6-14)34(29,30)26-20-22-10-3-11-23-20/h3-12H,1-2H3,(H,22,23,26)(H2,24,25,33). The quantitative estimate of drug-likeness (QED) is 0.324. The number of rotatable bonds is 7. The normalized spacial score (nSPS) is 10.6. The Hall–Kier alpha value is -4.10. The fourth-order valence-corrected chi connectivity index (χ4v) is 3.90. The van der Waals surface area contributed by atoms with E-state index >= 15 is 0 Å². The lowest BCUT2D eigenvalue weighted by atomic mass is 10.1. The Balaban J connectivity index is 1.74. The number of thiocarbonyl (C=S) groups is 1. The van der Waals surface area contributed by atoms with Crippen LogP contribution in [-0.4, -0.2) is 49.7 Å². The first-order valence-electron chi connectivity index (χ1n) is 9.52. The lowest BCUT2D eigenvalue weighted by Gasteiger charge is -2.14. The van der Waals surface area contributed by atoms with Crippen molar-refractivity contribution in [1.82, 2.24) is 9.97 Å². The van der Waals surface area contributed by atoms with Crippen LogP contribution >= 0.6 is 12.2 Å². The number of benzene rings is 2. The second-order valence-electron chi connectivity index (χ2n) is 6.52. The number of hydrogen-bond acceptors (Lipinski definition) is 9. The Morgan fingerprint density at radius 2 is 1.56 bits per heavy atom. The maximum atomic E-state index is 12.5. The highest BCUT2D eigenvalue weighted by Gasteiger charge is 2.18. The third-order valence-corrected chi connectivity index (χ3v) is 5.86. The van der Waals surface area contributed by atoms with Crippen LogP contribution in [0.25, 0.3) is 0 Å². The molecule has 0 fully saturated rings. The molecule has 13 heteroatoms. The fraction of sp³-hybridized carbons (Fsp3) is 0.0952. The number of aromatic nitrogens is 2. The average Bonchev–Trinajstić information content (AvgIpc) is 2.83. The summed E-state index contributed by atoms with van der Waals surface area (Å²) in [5.74, 6) is -1.28. The summed E-state index contributed by atoms with van der Waals surface area (Å²) in [7, 11) is -1.42. The summed E-state index contributed by atoms with van der Waals surface area (Å²) in [6.45, 7) is 0. The van der Waals surface area contributed by atoms with Gasteiger partial charge in [-0.15, -0.1) is 0 Å². The zero-order chi connectivity index (χ0) is 24.7. The minimum Gasteiger partial charge on any atom is -0.465 e. The van der Waals surface area contributed by atoms with Gasteiger partial charge < -0.3 is 20.1 Å². The number of methoxy groups -OCH3 is 2.